The van der Waals surface area contributed by atoms with Gasteiger partial charge in [0.25, 0.3) is 0 Å². The number of methoxy groups -OCH3 is 1. The van der Waals surface area contributed by atoms with Crippen LogP contribution >= 0.6 is 0 Å². The fraction of sp³-hybridized carbons (Fsp3) is 0.357. The zero-order valence-electron chi connectivity index (χ0n) is 11.6. The number of hydrogen-bond acceptors (Lipinski definition) is 5. The molecular weight excluding hydrogens is 240 g/mol. The standard InChI is InChI=1S/C14H18N4O/c1-9(2)10-5-7-11(8-6-10)12-16-13(15-3)18-14(17-12)19-4/h5-9H,1-4H3,(H,15,16,17,18). The maximum atomic E-state index is 5.08. The van der Waals surface area contributed by atoms with Crippen molar-refractivity contribution < 1.29 is 4.74 Å². The van der Waals surface area contributed by atoms with E-state index in [9.17, 15) is 0 Å². The molecule has 0 aliphatic heterocycles. The summed E-state index contributed by atoms with van der Waals surface area (Å²) in [5.41, 5.74) is 2.24. The minimum absolute atomic E-state index is 0.308. The summed E-state index contributed by atoms with van der Waals surface area (Å²) in [5.74, 6) is 1.61. The highest BCUT2D eigenvalue weighted by Crippen LogP contribution is 2.21. The van der Waals surface area contributed by atoms with E-state index in [2.05, 4.69) is 46.2 Å². The normalized spacial score (nSPS) is 10.6. The molecular formula is C14H18N4O. The van der Waals surface area contributed by atoms with Crippen molar-refractivity contribution in [2.24, 2.45) is 0 Å². The fourth-order valence-corrected chi connectivity index (χ4v) is 1.71. The van der Waals surface area contributed by atoms with Crippen molar-refractivity contribution in [3.63, 3.8) is 0 Å². The van der Waals surface area contributed by atoms with Gasteiger partial charge in [0.15, 0.2) is 5.82 Å². The van der Waals surface area contributed by atoms with Crippen LogP contribution in [-0.4, -0.2) is 29.1 Å². The average molecular weight is 258 g/mol. The summed E-state index contributed by atoms with van der Waals surface area (Å²) in [7, 11) is 3.31. The van der Waals surface area contributed by atoms with E-state index in [1.54, 1.807) is 14.2 Å². The molecule has 0 amide bonds. The summed E-state index contributed by atoms with van der Waals surface area (Å²) in [6.45, 7) is 4.33. The molecule has 2 aromatic rings. The van der Waals surface area contributed by atoms with E-state index in [0.29, 0.717) is 23.7 Å². The highest BCUT2D eigenvalue weighted by Gasteiger charge is 2.08. The third kappa shape index (κ3) is 2.99. The maximum absolute atomic E-state index is 5.08. The van der Waals surface area contributed by atoms with Crippen LogP contribution in [0.25, 0.3) is 11.4 Å². The molecule has 19 heavy (non-hydrogen) atoms. The third-order valence-corrected chi connectivity index (χ3v) is 2.86. The van der Waals surface area contributed by atoms with Crippen LogP contribution in [-0.2, 0) is 0 Å². The van der Waals surface area contributed by atoms with Gasteiger partial charge in [-0.15, -0.1) is 0 Å². The van der Waals surface area contributed by atoms with Gasteiger partial charge in [0.05, 0.1) is 7.11 Å². The van der Waals surface area contributed by atoms with Crippen LogP contribution < -0.4 is 10.1 Å². The molecule has 1 N–H and O–H groups in total. The van der Waals surface area contributed by atoms with Crippen molar-refractivity contribution in [2.45, 2.75) is 19.8 Å². The number of ether oxygens (including phenoxy) is 1. The van der Waals surface area contributed by atoms with E-state index in [1.165, 1.54) is 5.56 Å². The number of hydrogen-bond donors (Lipinski definition) is 1. The van der Waals surface area contributed by atoms with Gasteiger partial charge in [-0.05, 0) is 11.5 Å². The van der Waals surface area contributed by atoms with E-state index >= 15 is 0 Å². The lowest BCUT2D eigenvalue weighted by Gasteiger charge is -2.08. The van der Waals surface area contributed by atoms with Crippen LogP contribution in [0.1, 0.15) is 25.3 Å². The number of aromatic nitrogens is 3. The molecule has 0 aliphatic rings. The van der Waals surface area contributed by atoms with Gasteiger partial charge >= 0.3 is 6.01 Å². The number of benzene rings is 1. The van der Waals surface area contributed by atoms with Gasteiger partial charge < -0.3 is 10.1 Å². The lowest BCUT2D eigenvalue weighted by Crippen LogP contribution is -2.03. The van der Waals surface area contributed by atoms with Gasteiger partial charge in [0.1, 0.15) is 0 Å². The number of nitrogens with one attached hydrogen (secondary N) is 1. The lowest BCUT2D eigenvalue weighted by atomic mass is 10.0. The summed E-state index contributed by atoms with van der Waals surface area (Å²) in [5, 5.41) is 2.90. The molecule has 0 atom stereocenters. The van der Waals surface area contributed by atoms with Crippen LogP contribution in [0.3, 0.4) is 0 Å². The molecule has 1 heterocycles. The molecule has 1 aromatic heterocycles. The second kappa shape index (κ2) is 5.65. The van der Waals surface area contributed by atoms with Crippen LogP contribution in [0.5, 0.6) is 6.01 Å². The molecule has 2 rings (SSSR count). The van der Waals surface area contributed by atoms with Crippen molar-refractivity contribution in [1.82, 2.24) is 15.0 Å². The van der Waals surface area contributed by atoms with Crippen molar-refractivity contribution in [3.8, 4) is 17.4 Å². The molecule has 5 nitrogen and oxygen atoms in total. The van der Waals surface area contributed by atoms with E-state index in [1.807, 2.05) is 12.1 Å². The van der Waals surface area contributed by atoms with Gasteiger partial charge in [0, 0.05) is 12.6 Å². The van der Waals surface area contributed by atoms with Crippen LogP contribution in [0, 0.1) is 0 Å². The quantitative estimate of drug-likeness (QED) is 0.913. The second-order valence-corrected chi connectivity index (χ2v) is 4.50. The molecule has 0 bridgehead atoms. The molecule has 0 saturated carbocycles. The predicted octanol–water partition coefficient (Wildman–Crippen LogP) is 2.71. The summed E-state index contributed by atoms with van der Waals surface area (Å²) >= 11 is 0. The largest absolute Gasteiger partial charge is 0.467 e. The van der Waals surface area contributed by atoms with Gasteiger partial charge in [-0.2, -0.15) is 15.0 Å². The first-order valence-corrected chi connectivity index (χ1v) is 6.22. The first-order chi connectivity index (χ1) is 9.13. The van der Waals surface area contributed by atoms with Gasteiger partial charge in [-0.25, -0.2) is 0 Å². The van der Waals surface area contributed by atoms with Crippen molar-refractivity contribution in [2.75, 3.05) is 19.5 Å². The molecule has 100 valence electrons. The van der Waals surface area contributed by atoms with Gasteiger partial charge in [-0.3, -0.25) is 0 Å². The van der Waals surface area contributed by atoms with Crippen molar-refractivity contribution in [1.29, 1.82) is 0 Å². The van der Waals surface area contributed by atoms with Crippen LogP contribution in [0.15, 0.2) is 24.3 Å². The number of nitrogens with zero attached hydrogens (tertiary/aromatic N) is 3. The summed E-state index contributed by atoms with van der Waals surface area (Å²) in [4.78, 5) is 12.7. The van der Waals surface area contributed by atoms with E-state index in [-0.39, 0.29) is 0 Å². The number of rotatable bonds is 4. The topological polar surface area (TPSA) is 59.9 Å². The first kappa shape index (κ1) is 13.3. The van der Waals surface area contributed by atoms with Crippen LogP contribution in [0.4, 0.5) is 5.95 Å². The van der Waals surface area contributed by atoms with Gasteiger partial charge in [-0.1, -0.05) is 38.1 Å². The SMILES string of the molecule is CNc1nc(OC)nc(-c2ccc(C(C)C)cc2)n1. The minimum atomic E-state index is 0.308. The highest BCUT2D eigenvalue weighted by atomic mass is 16.5. The Labute approximate surface area is 113 Å². The van der Waals surface area contributed by atoms with E-state index in [0.717, 1.165) is 5.56 Å². The summed E-state index contributed by atoms with van der Waals surface area (Å²) in [6.07, 6.45) is 0. The molecule has 1 aromatic carbocycles. The Morgan fingerprint density at radius 3 is 2.26 bits per heavy atom. The summed E-state index contributed by atoms with van der Waals surface area (Å²) in [6, 6.07) is 8.53. The Morgan fingerprint density at radius 2 is 1.74 bits per heavy atom. The zero-order valence-corrected chi connectivity index (χ0v) is 11.6. The van der Waals surface area contributed by atoms with E-state index < -0.39 is 0 Å². The maximum Gasteiger partial charge on any atom is 0.321 e. The summed E-state index contributed by atoms with van der Waals surface area (Å²) < 4.78 is 5.08. The molecule has 0 fully saturated rings. The minimum Gasteiger partial charge on any atom is -0.467 e. The molecule has 0 radical (unpaired) electrons. The molecule has 0 saturated heterocycles. The Morgan fingerprint density at radius 1 is 1.05 bits per heavy atom. The second-order valence-electron chi connectivity index (χ2n) is 4.50. The smallest absolute Gasteiger partial charge is 0.321 e. The predicted molar refractivity (Wildman–Crippen MR) is 75.5 cm³/mol. The van der Waals surface area contributed by atoms with E-state index in [4.69, 9.17) is 4.74 Å². The van der Waals surface area contributed by atoms with Crippen molar-refractivity contribution in [3.05, 3.63) is 29.8 Å². The number of anilines is 1. The average Bonchev–Trinajstić information content (AvgIpc) is 2.46. The molecule has 5 heteroatoms. The van der Waals surface area contributed by atoms with Gasteiger partial charge in [0.2, 0.25) is 5.95 Å². The fourth-order valence-electron chi connectivity index (χ4n) is 1.71. The third-order valence-electron chi connectivity index (χ3n) is 2.86. The Balaban J connectivity index is 2.40. The Bertz CT molecular complexity index is 530. The first-order valence-electron chi connectivity index (χ1n) is 6.22. The molecule has 0 unspecified atom stereocenters. The van der Waals surface area contributed by atoms with Crippen LogP contribution in [0.2, 0.25) is 0 Å². The highest BCUT2D eigenvalue weighted by molar-refractivity contribution is 5.57. The molecule has 0 aliphatic carbocycles. The lowest BCUT2D eigenvalue weighted by molar-refractivity contribution is 0.379. The molecule has 0 spiro atoms. The Kier molecular flexibility index (Phi) is 3.94. The zero-order chi connectivity index (χ0) is 13.8. The monoisotopic (exact) mass is 258 g/mol. The van der Waals surface area contributed by atoms with Crippen molar-refractivity contribution >= 4 is 5.95 Å². The Hall–Kier alpha value is -2.17.